The molecule has 106 valence electrons. The molecule has 0 spiro atoms. The molecule has 2 aromatic heterocycles. The molecule has 3 aromatic rings. The Morgan fingerprint density at radius 2 is 2.19 bits per heavy atom. The average Bonchev–Trinajstić information content (AvgIpc) is 2.95. The fraction of sp³-hybridized carbons (Fsp3) is 0.267. The first-order valence-corrected chi connectivity index (χ1v) is 7.82. The number of fused-ring (bicyclic) bond motifs is 1. The number of imidazole rings is 1. The molecule has 0 fully saturated rings. The Labute approximate surface area is 131 Å². The smallest absolute Gasteiger partial charge is 0.178 e. The van der Waals surface area contributed by atoms with Gasteiger partial charge in [-0.05, 0) is 51.2 Å². The molecule has 0 bridgehead atoms. The van der Waals surface area contributed by atoms with Crippen molar-refractivity contribution in [3.8, 4) is 6.07 Å². The van der Waals surface area contributed by atoms with Crippen LogP contribution in [0.1, 0.15) is 34.1 Å². The highest BCUT2D eigenvalue weighted by Gasteiger charge is 2.18. The molecule has 0 saturated carbocycles. The second kappa shape index (κ2) is 5.10. The third-order valence-corrected chi connectivity index (χ3v) is 5.09. The quantitative estimate of drug-likeness (QED) is 0.719. The van der Waals surface area contributed by atoms with Gasteiger partial charge in [-0.15, -0.1) is 11.3 Å². The van der Waals surface area contributed by atoms with E-state index in [9.17, 15) is 0 Å². The van der Waals surface area contributed by atoms with Crippen LogP contribution < -0.4 is 0 Å². The summed E-state index contributed by atoms with van der Waals surface area (Å²) in [5.74, 6) is 0. The lowest BCUT2D eigenvalue weighted by Gasteiger charge is -2.13. The van der Waals surface area contributed by atoms with Gasteiger partial charge in [0.2, 0.25) is 0 Å². The van der Waals surface area contributed by atoms with Gasteiger partial charge in [0.15, 0.2) is 4.77 Å². The first kappa shape index (κ1) is 14.0. The summed E-state index contributed by atoms with van der Waals surface area (Å²) in [6.45, 7) is 6.15. The average molecular weight is 314 g/mol. The van der Waals surface area contributed by atoms with Gasteiger partial charge in [0.05, 0.1) is 44.3 Å². The number of aromatic amines is 1. The highest BCUT2D eigenvalue weighted by molar-refractivity contribution is 7.71. The predicted molar refractivity (Wildman–Crippen MR) is 87.2 cm³/mol. The minimum Gasteiger partial charge on any atom is -0.331 e. The molecule has 4 nitrogen and oxygen atoms in total. The Balaban J connectivity index is 2.24. The Bertz CT molecular complexity index is 923. The molecule has 6 heteroatoms. The Morgan fingerprint density at radius 1 is 1.43 bits per heavy atom. The normalized spacial score (nSPS) is 12.5. The number of nitrogens with zero attached hydrogens (tertiary/aromatic N) is 3. The zero-order valence-electron chi connectivity index (χ0n) is 12.0. The number of nitrogens with one attached hydrogen (secondary N) is 1. The molecule has 0 aliphatic rings. The Morgan fingerprint density at radius 3 is 2.81 bits per heavy atom. The van der Waals surface area contributed by atoms with Gasteiger partial charge >= 0.3 is 0 Å². The number of thiazole rings is 1. The van der Waals surface area contributed by atoms with Crippen LogP contribution >= 0.6 is 23.6 Å². The van der Waals surface area contributed by atoms with Crippen LogP contribution in [-0.4, -0.2) is 14.5 Å². The summed E-state index contributed by atoms with van der Waals surface area (Å²) < 4.78 is 2.73. The van der Waals surface area contributed by atoms with Crippen molar-refractivity contribution in [2.75, 3.05) is 0 Å². The lowest BCUT2D eigenvalue weighted by Crippen LogP contribution is -2.06. The van der Waals surface area contributed by atoms with E-state index in [0.29, 0.717) is 10.3 Å². The molecular formula is C15H14N4S2. The Hall–Kier alpha value is -1.97. The third kappa shape index (κ3) is 2.28. The molecule has 2 heterocycles. The van der Waals surface area contributed by atoms with E-state index >= 15 is 0 Å². The van der Waals surface area contributed by atoms with E-state index in [-0.39, 0.29) is 6.04 Å². The van der Waals surface area contributed by atoms with Crippen LogP contribution in [-0.2, 0) is 0 Å². The van der Waals surface area contributed by atoms with Crippen molar-refractivity contribution >= 4 is 34.6 Å². The number of hydrogen-bond acceptors (Lipinski definition) is 4. The second-order valence-corrected chi connectivity index (χ2v) is 6.62. The van der Waals surface area contributed by atoms with Crippen molar-refractivity contribution in [3.05, 3.63) is 44.1 Å². The Kier molecular flexibility index (Phi) is 3.40. The molecule has 1 atom stereocenters. The fourth-order valence-electron chi connectivity index (χ4n) is 2.63. The van der Waals surface area contributed by atoms with E-state index < -0.39 is 0 Å². The first-order chi connectivity index (χ1) is 10.0. The number of aryl methyl sites for hydroxylation is 2. The maximum absolute atomic E-state index is 9.09. The zero-order chi connectivity index (χ0) is 15.1. The minimum atomic E-state index is 0.0893. The van der Waals surface area contributed by atoms with E-state index in [4.69, 9.17) is 17.5 Å². The number of rotatable bonds is 2. The maximum atomic E-state index is 9.09. The van der Waals surface area contributed by atoms with E-state index in [1.807, 2.05) is 26.0 Å². The molecular weight excluding hydrogens is 300 g/mol. The van der Waals surface area contributed by atoms with Crippen LogP contribution in [0.4, 0.5) is 0 Å². The van der Waals surface area contributed by atoms with Gasteiger partial charge in [-0.1, -0.05) is 0 Å². The highest BCUT2D eigenvalue weighted by Crippen LogP contribution is 2.30. The molecule has 3 rings (SSSR count). The molecule has 0 aliphatic heterocycles. The first-order valence-electron chi connectivity index (χ1n) is 6.59. The second-order valence-electron chi connectivity index (χ2n) is 5.00. The van der Waals surface area contributed by atoms with Crippen LogP contribution in [0.15, 0.2) is 18.2 Å². The van der Waals surface area contributed by atoms with Crippen molar-refractivity contribution in [1.82, 2.24) is 14.5 Å². The van der Waals surface area contributed by atoms with Gasteiger partial charge in [0.25, 0.3) is 0 Å². The van der Waals surface area contributed by atoms with Crippen molar-refractivity contribution < 1.29 is 0 Å². The minimum absolute atomic E-state index is 0.0893. The summed E-state index contributed by atoms with van der Waals surface area (Å²) in [5, 5.41) is 10.1. The number of hydrogen-bond donors (Lipinski definition) is 1. The number of nitriles is 1. The standard InChI is InChI=1S/C15H14N4S2/c1-8-14(21-10(3)17-8)9(2)19-13-6-11(7-16)4-5-12(13)18-15(19)20/h4-6,9H,1-3H3,(H,18,20). The van der Waals surface area contributed by atoms with Crippen LogP contribution in [0.2, 0.25) is 0 Å². The van der Waals surface area contributed by atoms with Crippen molar-refractivity contribution in [1.29, 1.82) is 5.26 Å². The molecule has 0 aliphatic carbocycles. The van der Waals surface area contributed by atoms with Gasteiger partial charge in [-0.25, -0.2) is 4.98 Å². The summed E-state index contributed by atoms with van der Waals surface area (Å²) in [5.41, 5.74) is 3.58. The summed E-state index contributed by atoms with van der Waals surface area (Å²) in [6.07, 6.45) is 0. The fourth-order valence-corrected chi connectivity index (χ4v) is 3.96. The van der Waals surface area contributed by atoms with E-state index in [1.54, 1.807) is 17.4 Å². The summed E-state index contributed by atoms with van der Waals surface area (Å²) in [7, 11) is 0. The van der Waals surface area contributed by atoms with E-state index in [0.717, 1.165) is 21.7 Å². The molecule has 21 heavy (non-hydrogen) atoms. The summed E-state index contributed by atoms with van der Waals surface area (Å²) >= 11 is 7.16. The van der Waals surface area contributed by atoms with Crippen LogP contribution in [0.3, 0.4) is 0 Å². The zero-order valence-corrected chi connectivity index (χ0v) is 13.6. The topological polar surface area (TPSA) is 57.4 Å². The summed E-state index contributed by atoms with van der Waals surface area (Å²) in [6, 6.07) is 7.84. The van der Waals surface area contributed by atoms with Crippen molar-refractivity contribution in [3.63, 3.8) is 0 Å². The molecule has 1 aromatic carbocycles. The van der Waals surface area contributed by atoms with Crippen molar-refractivity contribution in [2.24, 2.45) is 0 Å². The van der Waals surface area contributed by atoms with Crippen LogP contribution in [0.25, 0.3) is 11.0 Å². The third-order valence-electron chi connectivity index (χ3n) is 3.55. The molecule has 0 radical (unpaired) electrons. The molecule has 1 unspecified atom stereocenters. The lowest BCUT2D eigenvalue weighted by molar-refractivity contribution is 0.655. The lowest BCUT2D eigenvalue weighted by atomic mass is 10.2. The van der Waals surface area contributed by atoms with Crippen LogP contribution in [0.5, 0.6) is 0 Å². The van der Waals surface area contributed by atoms with Crippen molar-refractivity contribution in [2.45, 2.75) is 26.8 Å². The SMILES string of the molecule is Cc1nc(C)c(C(C)n2c(=S)[nH]c3ccc(C#N)cc32)s1. The number of aromatic nitrogens is 3. The number of benzene rings is 1. The van der Waals surface area contributed by atoms with Gasteiger partial charge in [-0.2, -0.15) is 5.26 Å². The molecule has 0 amide bonds. The predicted octanol–water partition coefficient (Wildman–Crippen LogP) is 4.25. The molecule has 0 saturated heterocycles. The van der Waals surface area contributed by atoms with E-state index in [2.05, 4.69) is 27.5 Å². The van der Waals surface area contributed by atoms with E-state index in [1.165, 1.54) is 4.88 Å². The monoisotopic (exact) mass is 314 g/mol. The summed E-state index contributed by atoms with van der Waals surface area (Å²) in [4.78, 5) is 8.90. The molecule has 1 N–H and O–H groups in total. The van der Waals surface area contributed by atoms with Gasteiger partial charge in [0, 0.05) is 0 Å². The highest BCUT2D eigenvalue weighted by atomic mass is 32.1. The van der Waals surface area contributed by atoms with Gasteiger partial charge < -0.3 is 9.55 Å². The maximum Gasteiger partial charge on any atom is 0.178 e. The number of H-pyrrole nitrogens is 1. The van der Waals surface area contributed by atoms with Gasteiger partial charge in [-0.3, -0.25) is 0 Å². The van der Waals surface area contributed by atoms with Gasteiger partial charge in [0.1, 0.15) is 0 Å². The largest absolute Gasteiger partial charge is 0.331 e. The van der Waals surface area contributed by atoms with Crippen LogP contribution in [0, 0.1) is 29.9 Å².